The van der Waals surface area contributed by atoms with E-state index < -0.39 is 0 Å². The van der Waals surface area contributed by atoms with Crippen LogP contribution in [0.4, 0.5) is 11.4 Å². The molecule has 1 atom stereocenters. The van der Waals surface area contributed by atoms with Gasteiger partial charge >= 0.3 is 0 Å². The fraction of sp³-hybridized carbons (Fsp3) is 0.290. The minimum absolute atomic E-state index is 0. The second kappa shape index (κ2) is 13.7. The van der Waals surface area contributed by atoms with Crippen LogP contribution in [0.3, 0.4) is 0 Å². The number of nitrogens with one attached hydrogen (secondary N) is 1. The first-order valence-corrected chi connectivity index (χ1v) is 14.5. The number of carbonyl (C=O) groups is 1. The molecule has 5 nitrogen and oxygen atoms in total. The van der Waals surface area contributed by atoms with Gasteiger partial charge in [-0.25, -0.2) is 0 Å². The van der Waals surface area contributed by atoms with Gasteiger partial charge in [0.15, 0.2) is 0 Å². The summed E-state index contributed by atoms with van der Waals surface area (Å²) < 4.78 is 2.57. The number of piperidine rings is 1. The topological polar surface area (TPSA) is 61.6 Å². The molecule has 3 N–H and O–H groups in total. The quantitative estimate of drug-likeness (QED) is 0.185. The van der Waals surface area contributed by atoms with Crippen molar-refractivity contribution in [2.75, 3.05) is 36.2 Å². The molecule has 200 valence electrons. The summed E-state index contributed by atoms with van der Waals surface area (Å²) in [5, 5.41) is 5.40. The van der Waals surface area contributed by atoms with Crippen molar-refractivity contribution in [2.45, 2.75) is 30.6 Å². The third-order valence-electron chi connectivity index (χ3n) is 7.17. The maximum absolute atomic E-state index is 12.3. The minimum Gasteiger partial charge on any atom is -0.398 e. The molecule has 3 aromatic rings. The molecular formula is C31H37ClN4OS. The van der Waals surface area contributed by atoms with Crippen molar-refractivity contribution in [1.82, 2.24) is 10.2 Å². The van der Waals surface area contributed by atoms with E-state index in [0.717, 1.165) is 32.5 Å². The van der Waals surface area contributed by atoms with Gasteiger partial charge in [-0.05, 0) is 93.2 Å². The number of unbranched alkanes of at least 4 members (excludes halogenated alkanes) is 1. The Kier molecular flexibility index (Phi) is 10.0. The SMILES string of the molecule is Cl.Nc1ccccc1C(=O)NCCCCN1CCC(C2=CC=S(c3ccccc3)N2c2ccccc2)CC1. The number of hydrogen-bond acceptors (Lipinski definition) is 4. The minimum atomic E-state index is -0.0868. The summed E-state index contributed by atoms with van der Waals surface area (Å²) in [6.07, 6.45) is 6.79. The van der Waals surface area contributed by atoms with Gasteiger partial charge in [0, 0.05) is 28.7 Å². The number of allylic oxidation sites excluding steroid dienone is 2. The Morgan fingerprint density at radius 3 is 2.26 bits per heavy atom. The Balaban J connectivity index is 0.00000336. The van der Waals surface area contributed by atoms with Crippen molar-refractivity contribution in [3.8, 4) is 0 Å². The van der Waals surface area contributed by atoms with Crippen molar-refractivity contribution in [2.24, 2.45) is 5.92 Å². The molecule has 0 spiro atoms. The highest BCUT2D eigenvalue weighted by atomic mass is 35.5. The fourth-order valence-electron chi connectivity index (χ4n) is 5.16. The number of para-hydroxylation sites is 2. The van der Waals surface area contributed by atoms with Crippen molar-refractivity contribution >= 4 is 45.7 Å². The molecule has 1 saturated heterocycles. The number of hydrogen-bond donors (Lipinski definition) is 2. The van der Waals surface area contributed by atoms with Crippen LogP contribution in [0.25, 0.3) is 0 Å². The van der Waals surface area contributed by atoms with Gasteiger partial charge in [0.2, 0.25) is 0 Å². The number of nitrogens with zero attached hydrogens (tertiary/aromatic N) is 2. The van der Waals surface area contributed by atoms with Crippen LogP contribution in [0.1, 0.15) is 36.0 Å². The van der Waals surface area contributed by atoms with E-state index in [9.17, 15) is 4.79 Å². The molecule has 0 saturated carbocycles. The normalized spacial score (nSPS) is 17.8. The number of amides is 1. The Hall–Kier alpha value is -3.06. The van der Waals surface area contributed by atoms with Crippen LogP contribution >= 0.6 is 23.1 Å². The van der Waals surface area contributed by atoms with E-state index in [2.05, 4.69) is 86.6 Å². The lowest BCUT2D eigenvalue weighted by Crippen LogP contribution is -2.37. The first-order chi connectivity index (χ1) is 18.2. The Morgan fingerprint density at radius 1 is 0.895 bits per heavy atom. The van der Waals surface area contributed by atoms with E-state index in [0.29, 0.717) is 23.7 Å². The standard InChI is InChI=1S/C31H36N4OS.ClH/c32-29-16-8-7-15-28(29)31(36)33-20-9-10-21-34-22-17-25(18-23-34)30-19-24-37(27-13-5-2-6-14-27)35(30)26-11-3-1-4-12-26;/h1-8,11-16,19,24-25H,9-10,17-18,20-23,32H2,(H,33,36);1H. The number of likely N-dealkylation sites (tertiary alicyclic amines) is 1. The molecular weight excluding hydrogens is 512 g/mol. The summed E-state index contributed by atoms with van der Waals surface area (Å²) in [6, 6.07) is 28.9. The van der Waals surface area contributed by atoms with E-state index in [1.54, 1.807) is 12.1 Å². The van der Waals surface area contributed by atoms with Crippen LogP contribution in [0, 0.1) is 5.92 Å². The smallest absolute Gasteiger partial charge is 0.253 e. The molecule has 5 rings (SSSR count). The van der Waals surface area contributed by atoms with Crippen LogP contribution in [-0.2, 0) is 0 Å². The van der Waals surface area contributed by atoms with Gasteiger partial charge in [0.1, 0.15) is 0 Å². The largest absolute Gasteiger partial charge is 0.398 e. The summed E-state index contributed by atoms with van der Waals surface area (Å²) in [5.41, 5.74) is 9.73. The van der Waals surface area contributed by atoms with Gasteiger partial charge in [0.25, 0.3) is 5.91 Å². The Labute approximate surface area is 235 Å². The molecule has 1 amide bonds. The summed E-state index contributed by atoms with van der Waals surface area (Å²) in [5.74, 6) is 0.489. The number of halogens is 1. The maximum atomic E-state index is 12.3. The summed E-state index contributed by atoms with van der Waals surface area (Å²) >= 11 is 0. The zero-order chi connectivity index (χ0) is 25.5. The van der Waals surface area contributed by atoms with E-state index in [1.165, 1.54) is 29.1 Å². The van der Waals surface area contributed by atoms with Crippen molar-refractivity contribution in [3.63, 3.8) is 0 Å². The summed E-state index contributed by atoms with van der Waals surface area (Å²) in [6.45, 7) is 4.01. The van der Waals surface area contributed by atoms with Crippen molar-refractivity contribution in [1.29, 1.82) is 0 Å². The molecule has 2 heterocycles. The number of rotatable bonds is 9. The highest BCUT2D eigenvalue weighted by Crippen LogP contribution is 2.45. The van der Waals surface area contributed by atoms with Gasteiger partial charge in [-0.15, -0.1) is 12.4 Å². The van der Waals surface area contributed by atoms with E-state index in [4.69, 9.17) is 5.73 Å². The summed E-state index contributed by atoms with van der Waals surface area (Å²) in [7, 11) is -0.0868. The molecule has 7 heteroatoms. The van der Waals surface area contributed by atoms with Crippen LogP contribution in [-0.4, -0.2) is 42.4 Å². The average molecular weight is 549 g/mol. The lowest BCUT2D eigenvalue weighted by atomic mass is 9.92. The predicted molar refractivity (Wildman–Crippen MR) is 164 cm³/mol. The van der Waals surface area contributed by atoms with Gasteiger partial charge in [0.05, 0.1) is 11.3 Å². The molecule has 0 aliphatic carbocycles. The first kappa shape index (κ1) is 28.0. The van der Waals surface area contributed by atoms with E-state index in [-0.39, 0.29) is 29.0 Å². The second-order valence-corrected chi connectivity index (χ2v) is 11.4. The monoisotopic (exact) mass is 548 g/mol. The zero-order valence-electron chi connectivity index (χ0n) is 21.7. The van der Waals surface area contributed by atoms with Crippen LogP contribution in [0.15, 0.2) is 102 Å². The maximum Gasteiger partial charge on any atom is 0.253 e. The highest BCUT2D eigenvalue weighted by Gasteiger charge is 2.30. The fourth-order valence-corrected chi connectivity index (χ4v) is 7.14. The molecule has 38 heavy (non-hydrogen) atoms. The average Bonchev–Trinajstić information content (AvgIpc) is 3.40. The molecule has 1 fully saturated rings. The van der Waals surface area contributed by atoms with Crippen LogP contribution in [0.2, 0.25) is 0 Å². The third-order valence-corrected chi connectivity index (χ3v) is 9.14. The highest BCUT2D eigenvalue weighted by molar-refractivity contribution is 8.16. The lowest BCUT2D eigenvalue weighted by molar-refractivity contribution is 0.0953. The number of carbonyl (C=O) groups excluding carboxylic acids is 1. The third kappa shape index (κ3) is 6.68. The predicted octanol–water partition coefficient (Wildman–Crippen LogP) is 6.36. The van der Waals surface area contributed by atoms with Gasteiger partial charge in [-0.3, -0.25) is 9.10 Å². The second-order valence-electron chi connectivity index (χ2n) is 9.65. The van der Waals surface area contributed by atoms with Crippen molar-refractivity contribution in [3.05, 3.63) is 102 Å². The van der Waals surface area contributed by atoms with Crippen LogP contribution in [0.5, 0.6) is 0 Å². The van der Waals surface area contributed by atoms with Gasteiger partial charge in [-0.2, -0.15) is 0 Å². The van der Waals surface area contributed by atoms with Crippen LogP contribution < -0.4 is 15.4 Å². The first-order valence-electron chi connectivity index (χ1n) is 13.2. The number of nitrogen functional groups attached to an aromatic ring is 1. The molecule has 2 aliphatic rings. The van der Waals surface area contributed by atoms with E-state index >= 15 is 0 Å². The molecule has 2 aliphatic heterocycles. The molecule has 1 unspecified atom stereocenters. The lowest BCUT2D eigenvalue weighted by Gasteiger charge is -2.37. The zero-order valence-corrected chi connectivity index (χ0v) is 23.3. The molecule has 0 radical (unpaired) electrons. The Bertz CT molecular complexity index is 1260. The summed E-state index contributed by atoms with van der Waals surface area (Å²) in [4.78, 5) is 16.3. The number of benzene rings is 3. The molecule has 0 bridgehead atoms. The number of anilines is 2. The van der Waals surface area contributed by atoms with Gasteiger partial charge in [-0.1, -0.05) is 59.2 Å². The van der Waals surface area contributed by atoms with Gasteiger partial charge < -0.3 is 16.0 Å². The van der Waals surface area contributed by atoms with Crippen molar-refractivity contribution < 1.29 is 4.79 Å². The Morgan fingerprint density at radius 2 is 1.55 bits per heavy atom. The molecule has 0 aromatic heterocycles. The van der Waals surface area contributed by atoms with E-state index in [1.807, 2.05) is 12.1 Å². The number of nitrogens with two attached hydrogens (primary N) is 1. The molecule has 3 aromatic carbocycles.